The molecule has 0 atom stereocenters. The van der Waals surface area contributed by atoms with Gasteiger partial charge in [0, 0.05) is 59.5 Å². The fraction of sp³-hybridized carbons (Fsp3) is 0.234. The van der Waals surface area contributed by atoms with Gasteiger partial charge >= 0.3 is 0 Å². The van der Waals surface area contributed by atoms with Crippen LogP contribution in [0.2, 0.25) is 0 Å². The van der Waals surface area contributed by atoms with E-state index in [9.17, 15) is 10.2 Å². The first-order valence-electron chi connectivity index (χ1n) is 20.5. The van der Waals surface area contributed by atoms with Gasteiger partial charge in [-0.1, -0.05) is 67.4 Å². The van der Waals surface area contributed by atoms with Crippen LogP contribution in [0, 0.1) is 0 Å². The molecule has 8 rings (SSSR count). The van der Waals surface area contributed by atoms with Crippen LogP contribution in [0.25, 0.3) is 33.8 Å². The Balaban J connectivity index is 1.06. The van der Waals surface area contributed by atoms with Crippen LogP contribution in [0.1, 0.15) is 48.3 Å². The van der Waals surface area contributed by atoms with E-state index in [1.54, 1.807) is 48.5 Å². The van der Waals surface area contributed by atoms with Crippen molar-refractivity contribution in [1.82, 2.24) is 35.5 Å². The number of hydrogen-bond acceptors (Lipinski definition) is 15. The van der Waals surface area contributed by atoms with Crippen LogP contribution < -0.4 is 31.4 Å². The summed E-state index contributed by atoms with van der Waals surface area (Å²) in [6.45, 7) is 1.39. The number of nitrogen functional groups attached to an aromatic ring is 3. The van der Waals surface area contributed by atoms with Gasteiger partial charge in [0.15, 0.2) is 23.1 Å². The Kier molecular flexibility index (Phi) is 12.5. The lowest BCUT2D eigenvalue weighted by Crippen LogP contribution is -2.24. The minimum absolute atomic E-state index is 0.0337. The first-order chi connectivity index (χ1) is 30.2. The molecule has 15 heteroatoms. The number of rotatable bonds is 16. The van der Waals surface area contributed by atoms with Gasteiger partial charge in [0.05, 0.1) is 12.3 Å². The third-order valence-corrected chi connectivity index (χ3v) is 10.9. The van der Waals surface area contributed by atoms with Crippen LogP contribution >= 0.6 is 0 Å². The van der Waals surface area contributed by atoms with Gasteiger partial charge in [-0.3, -0.25) is 4.90 Å². The highest BCUT2D eigenvalue weighted by Crippen LogP contribution is 2.42. The van der Waals surface area contributed by atoms with Gasteiger partial charge < -0.3 is 41.6 Å². The van der Waals surface area contributed by atoms with Crippen LogP contribution in [-0.2, 0) is 13.0 Å². The fourth-order valence-corrected chi connectivity index (χ4v) is 7.60. The highest BCUT2D eigenvalue weighted by atomic mass is 16.5. The van der Waals surface area contributed by atoms with E-state index in [0.717, 1.165) is 36.8 Å². The molecule has 0 aliphatic heterocycles. The molecule has 0 amide bonds. The van der Waals surface area contributed by atoms with Crippen molar-refractivity contribution in [3.63, 3.8) is 0 Å². The SMILES string of the molecule is CN(CCOc1cc(-c2ccccc2O)nnc1N)Cc1cc(Oc2ccccc2-c2cc(OCCc3ccccc3)c(N)nn2)cc(-c2cc(C3CCCC3)c(N)nn2)c1O. The number of anilines is 3. The highest BCUT2D eigenvalue weighted by molar-refractivity contribution is 5.74. The molecule has 8 N–H and O–H groups in total. The number of likely N-dealkylation sites (N-methyl/N-ethyl adjacent to an activating group) is 1. The number of nitrogens with zero attached hydrogens (tertiary/aromatic N) is 7. The largest absolute Gasteiger partial charge is 0.507 e. The molecule has 1 fully saturated rings. The quantitative estimate of drug-likeness (QED) is 0.0626. The number of aromatic hydroxyl groups is 2. The smallest absolute Gasteiger partial charge is 0.188 e. The third-order valence-electron chi connectivity index (χ3n) is 10.9. The Morgan fingerprint density at radius 3 is 1.92 bits per heavy atom. The fourth-order valence-electron chi connectivity index (χ4n) is 7.60. The van der Waals surface area contributed by atoms with Gasteiger partial charge in [-0.05, 0) is 73.8 Å². The topological polar surface area (TPSA) is 227 Å². The molecule has 1 saturated carbocycles. The molecule has 0 bridgehead atoms. The van der Waals surface area contributed by atoms with E-state index in [0.29, 0.717) is 94.3 Å². The molecule has 7 aromatic rings. The normalized spacial score (nSPS) is 12.7. The summed E-state index contributed by atoms with van der Waals surface area (Å²) in [5.41, 5.74) is 24.4. The van der Waals surface area contributed by atoms with Crippen LogP contribution in [0.3, 0.4) is 0 Å². The molecule has 0 radical (unpaired) electrons. The van der Waals surface area contributed by atoms with Gasteiger partial charge in [0.25, 0.3) is 0 Å². The summed E-state index contributed by atoms with van der Waals surface area (Å²) >= 11 is 0. The maximum Gasteiger partial charge on any atom is 0.188 e. The second kappa shape index (κ2) is 18.8. The van der Waals surface area contributed by atoms with Crippen LogP contribution in [-0.4, -0.2) is 72.5 Å². The number of aromatic nitrogens is 6. The van der Waals surface area contributed by atoms with E-state index in [1.807, 2.05) is 72.6 Å². The average molecular weight is 833 g/mol. The predicted molar refractivity (Wildman–Crippen MR) is 238 cm³/mol. The Morgan fingerprint density at radius 2 is 1.21 bits per heavy atom. The van der Waals surface area contributed by atoms with Crippen molar-refractivity contribution in [3.8, 4) is 68.3 Å². The van der Waals surface area contributed by atoms with E-state index < -0.39 is 0 Å². The molecule has 62 heavy (non-hydrogen) atoms. The summed E-state index contributed by atoms with van der Waals surface area (Å²) in [7, 11) is 1.91. The predicted octanol–water partition coefficient (Wildman–Crippen LogP) is 7.80. The molecular formula is C47H48N10O5. The van der Waals surface area contributed by atoms with E-state index in [4.69, 9.17) is 31.4 Å². The summed E-state index contributed by atoms with van der Waals surface area (Å²) in [6, 6.07) is 33.3. The number of para-hydroxylation sites is 2. The first kappa shape index (κ1) is 41.2. The number of hydrogen-bond donors (Lipinski definition) is 5. The van der Waals surface area contributed by atoms with E-state index >= 15 is 0 Å². The molecule has 316 valence electrons. The lowest BCUT2D eigenvalue weighted by molar-refractivity contribution is 0.231. The first-order valence-corrected chi connectivity index (χ1v) is 20.5. The maximum atomic E-state index is 11.9. The van der Waals surface area contributed by atoms with Crippen molar-refractivity contribution < 1.29 is 24.4 Å². The number of benzene rings is 4. The van der Waals surface area contributed by atoms with Crippen molar-refractivity contribution in [1.29, 1.82) is 0 Å². The van der Waals surface area contributed by atoms with Gasteiger partial charge in [0.2, 0.25) is 0 Å². The van der Waals surface area contributed by atoms with Crippen LogP contribution in [0.15, 0.2) is 109 Å². The van der Waals surface area contributed by atoms with Crippen molar-refractivity contribution in [3.05, 3.63) is 126 Å². The minimum Gasteiger partial charge on any atom is -0.507 e. The van der Waals surface area contributed by atoms with Gasteiger partial charge in [0.1, 0.15) is 46.8 Å². The number of nitrogens with two attached hydrogens (primary N) is 3. The molecule has 0 spiro atoms. The molecule has 3 heterocycles. The summed E-state index contributed by atoms with van der Waals surface area (Å²) in [4.78, 5) is 1.99. The van der Waals surface area contributed by atoms with Crippen molar-refractivity contribution >= 4 is 17.5 Å². The molecule has 15 nitrogen and oxygen atoms in total. The Hall–Kier alpha value is -7.52. The monoisotopic (exact) mass is 832 g/mol. The highest BCUT2D eigenvalue weighted by Gasteiger charge is 2.24. The zero-order chi connectivity index (χ0) is 43.0. The summed E-state index contributed by atoms with van der Waals surface area (Å²) < 4.78 is 18.8. The minimum atomic E-state index is 0.0337. The van der Waals surface area contributed by atoms with Crippen LogP contribution in [0.4, 0.5) is 17.5 Å². The zero-order valence-electron chi connectivity index (χ0n) is 34.3. The van der Waals surface area contributed by atoms with E-state index in [-0.39, 0.29) is 35.7 Å². The second-order valence-electron chi connectivity index (χ2n) is 15.3. The van der Waals surface area contributed by atoms with Crippen molar-refractivity contribution in [2.24, 2.45) is 0 Å². The second-order valence-corrected chi connectivity index (χ2v) is 15.3. The lowest BCUT2D eigenvalue weighted by atomic mass is 9.96. The van der Waals surface area contributed by atoms with E-state index in [1.165, 1.54) is 0 Å². The average Bonchev–Trinajstić information content (AvgIpc) is 3.82. The molecule has 0 saturated heterocycles. The molecular weight excluding hydrogens is 785 g/mol. The lowest BCUT2D eigenvalue weighted by Gasteiger charge is -2.21. The Labute approximate surface area is 359 Å². The standard InChI is InChI=1S/C47H48N10O5/c1-57(20-22-61-43-26-38(52-55-47(43)50)33-15-7-9-17-40(33)58)28-31-23-32(24-36(44(31)59)37-25-35(45(48)54-51-37)30-13-5-6-14-30)62-41-18-10-8-16-34(41)39-27-42(46(49)56-53-39)60-21-19-29-11-3-2-4-12-29/h2-4,7-12,15-18,23-27,30,58-59H,5-6,13-14,19-22,28H2,1H3,(H2,48,54)(H2,49,56)(H2,50,55). The molecule has 4 aromatic carbocycles. The Bertz CT molecular complexity index is 2660. The maximum absolute atomic E-state index is 11.9. The molecule has 1 aliphatic rings. The molecule has 0 unspecified atom stereocenters. The summed E-state index contributed by atoms with van der Waals surface area (Å²) in [5, 5.41) is 47.9. The number of phenolic OH excluding ortho intramolecular Hbond substituents is 2. The molecule has 3 aromatic heterocycles. The summed E-state index contributed by atoms with van der Waals surface area (Å²) in [6.07, 6.45) is 4.98. The van der Waals surface area contributed by atoms with Crippen molar-refractivity contribution in [2.45, 2.75) is 44.6 Å². The number of ether oxygens (including phenoxy) is 3. The van der Waals surface area contributed by atoms with Gasteiger partial charge in [-0.15, -0.1) is 30.6 Å². The van der Waals surface area contributed by atoms with Crippen LogP contribution in [0.5, 0.6) is 34.5 Å². The third kappa shape index (κ3) is 9.58. The Morgan fingerprint density at radius 1 is 0.613 bits per heavy atom. The zero-order valence-corrected chi connectivity index (χ0v) is 34.3. The number of phenols is 2. The summed E-state index contributed by atoms with van der Waals surface area (Å²) in [5.74, 6) is 2.77. The van der Waals surface area contributed by atoms with Crippen molar-refractivity contribution in [2.75, 3.05) is 44.0 Å². The van der Waals surface area contributed by atoms with E-state index in [2.05, 4.69) is 30.6 Å². The molecule has 1 aliphatic carbocycles. The van der Waals surface area contributed by atoms with Gasteiger partial charge in [-0.25, -0.2) is 0 Å². The van der Waals surface area contributed by atoms with Gasteiger partial charge in [-0.2, -0.15) is 0 Å².